The molecule has 7 heteroatoms. The third kappa shape index (κ3) is 8.27. The van der Waals surface area contributed by atoms with E-state index in [-0.39, 0.29) is 24.0 Å². The topological polar surface area (TPSA) is 49.3 Å². The first-order chi connectivity index (χ1) is 12.3. The van der Waals surface area contributed by atoms with Crippen molar-refractivity contribution >= 4 is 29.9 Å². The Morgan fingerprint density at radius 1 is 1.12 bits per heavy atom. The van der Waals surface area contributed by atoms with Gasteiger partial charge in [-0.2, -0.15) is 0 Å². The number of nitrogens with one attached hydrogen (secondary N) is 1. The molecular formula is C19H39IN4O2. The van der Waals surface area contributed by atoms with Gasteiger partial charge in [0.05, 0.1) is 19.8 Å². The highest BCUT2D eigenvalue weighted by molar-refractivity contribution is 14.0. The Hall–Kier alpha value is -0.120. The zero-order chi connectivity index (χ0) is 17.9. The molecule has 0 saturated carbocycles. The van der Waals surface area contributed by atoms with Crippen molar-refractivity contribution in [1.82, 2.24) is 15.1 Å². The van der Waals surface area contributed by atoms with E-state index in [4.69, 9.17) is 14.5 Å². The molecule has 0 radical (unpaired) electrons. The van der Waals surface area contributed by atoms with Crippen molar-refractivity contribution < 1.29 is 9.47 Å². The van der Waals surface area contributed by atoms with Gasteiger partial charge >= 0.3 is 0 Å². The molecular weight excluding hydrogens is 443 g/mol. The number of nitrogens with zero attached hydrogens (tertiary/aromatic N) is 3. The zero-order valence-corrected chi connectivity index (χ0v) is 19.2. The first-order valence-electron chi connectivity index (χ1n) is 10.1. The van der Waals surface area contributed by atoms with Crippen LogP contribution in [0, 0.1) is 11.8 Å². The molecule has 1 N–H and O–H groups in total. The van der Waals surface area contributed by atoms with Gasteiger partial charge in [0.2, 0.25) is 0 Å². The second-order valence-corrected chi connectivity index (χ2v) is 7.32. The van der Waals surface area contributed by atoms with Crippen LogP contribution < -0.4 is 5.32 Å². The molecule has 0 aromatic carbocycles. The second kappa shape index (κ2) is 14.0. The third-order valence-electron chi connectivity index (χ3n) is 5.11. The van der Waals surface area contributed by atoms with E-state index < -0.39 is 0 Å². The number of hydrogen-bond donors (Lipinski definition) is 1. The molecule has 0 bridgehead atoms. The summed E-state index contributed by atoms with van der Waals surface area (Å²) in [6, 6.07) is 0. The summed E-state index contributed by atoms with van der Waals surface area (Å²) in [7, 11) is 1.71. The van der Waals surface area contributed by atoms with Crippen molar-refractivity contribution in [2.24, 2.45) is 16.8 Å². The maximum absolute atomic E-state index is 5.70. The standard InChI is InChI=1S/C19H38N4O2.HI/c1-4-8-22-9-6-17(14-22)13-21-19(20-5-2)23-10-7-18(15-23)16-25-12-11-24-3;/h17-18H,4-16H2,1-3H3,(H,20,21);1H. The van der Waals surface area contributed by atoms with Crippen LogP contribution in [0.5, 0.6) is 0 Å². The van der Waals surface area contributed by atoms with Gasteiger partial charge < -0.3 is 24.6 Å². The third-order valence-corrected chi connectivity index (χ3v) is 5.11. The number of methoxy groups -OCH3 is 1. The molecule has 0 spiro atoms. The van der Waals surface area contributed by atoms with Crippen molar-refractivity contribution in [2.75, 3.05) is 72.7 Å². The van der Waals surface area contributed by atoms with Crippen molar-refractivity contribution in [3.05, 3.63) is 0 Å². The Morgan fingerprint density at radius 2 is 1.92 bits per heavy atom. The van der Waals surface area contributed by atoms with Crippen LogP contribution in [0.2, 0.25) is 0 Å². The van der Waals surface area contributed by atoms with E-state index in [0.29, 0.717) is 19.1 Å². The van der Waals surface area contributed by atoms with Crippen LogP contribution >= 0.6 is 24.0 Å². The lowest BCUT2D eigenvalue weighted by atomic mass is 10.1. The molecule has 0 aromatic rings. The number of rotatable bonds is 10. The van der Waals surface area contributed by atoms with Gasteiger partial charge in [0.25, 0.3) is 0 Å². The minimum atomic E-state index is 0. The summed E-state index contributed by atoms with van der Waals surface area (Å²) in [6.45, 7) is 14.3. The van der Waals surface area contributed by atoms with Crippen LogP contribution in [0.3, 0.4) is 0 Å². The highest BCUT2D eigenvalue weighted by Gasteiger charge is 2.26. The first kappa shape index (κ1) is 23.9. The number of guanidine groups is 1. The number of halogens is 1. The second-order valence-electron chi connectivity index (χ2n) is 7.32. The summed E-state index contributed by atoms with van der Waals surface area (Å²) in [4.78, 5) is 9.95. The van der Waals surface area contributed by atoms with Crippen molar-refractivity contribution in [2.45, 2.75) is 33.1 Å². The molecule has 2 atom stereocenters. The van der Waals surface area contributed by atoms with E-state index in [1.807, 2.05) is 0 Å². The lowest BCUT2D eigenvalue weighted by Crippen LogP contribution is -2.40. The molecule has 2 heterocycles. The van der Waals surface area contributed by atoms with E-state index in [0.717, 1.165) is 44.7 Å². The highest BCUT2D eigenvalue weighted by atomic mass is 127. The molecule has 0 aromatic heterocycles. The molecule has 2 aliphatic rings. The van der Waals surface area contributed by atoms with Gasteiger partial charge in [0, 0.05) is 45.8 Å². The molecule has 0 amide bonds. The molecule has 2 fully saturated rings. The van der Waals surface area contributed by atoms with Crippen LogP contribution in [-0.2, 0) is 9.47 Å². The van der Waals surface area contributed by atoms with Gasteiger partial charge in [0.15, 0.2) is 5.96 Å². The highest BCUT2D eigenvalue weighted by Crippen LogP contribution is 2.19. The molecule has 2 unspecified atom stereocenters. The minimum Gasteiger partial charge on any atom is -0.382 e. The monoisotopic (exact) mass is 482 g/mol. The van der Waals surface area contributed by atoms with Crippen molar-refractivity contribution in [3.8, 4) is 0 Å². The van der Waals surface area contributed by atoms with E-state index >= 15 is 0 Å². The Kier molecular flexibility index (Phi) is 12.8. The maximum atomic E-state index is 5.70. The summed E-state index contributed by atoms with van der Waals surface area (Å²) in [5.41, 5.74) is 0. The van der Waals surface area contributed by atoms with Gasteiger partial charge in [-0.1, -0.05) is 6.92 Å². The Labute approximate surface area is 177 Å². The van der Waals surface area contributed by atoms with Crippen LogP contribution in [0.15, 0.2) is 4.99 Å². The summed E-state index contributed by atoms with van der Waals surface area (Å²) in [5.74, 6) is 2.42. The predicted octanol–water partition coefficient (Wildman–Crippen LogP) is 2.29. The zero-order valence-electron chi connectivity index (χ0n) is 16.9. The quantitative estimate of drug-likeness (QED) is 0.224. The Balaban J connectivity index is 0.00000338. The minimum absolute atomic E-state index is 0. The van der Waals surface area contributed by atoms with E-state index in [1.54, 1.807) is 7.11 Å². The van der Waals surface area contributed by atoms with Gasteiger partial charge in [0.1, 0.15) is 0 Å². The van der Waals surface area contributed by atoms with Gasteiger partial charge in [-0.25, -0.2) is 0 Å². The summed E-state index contributed by atoms with van der Waals surface area (Å²) in [5, 5.41) is 3.48. The van der Waals surface area contributed by atoms with Gasteiger partial charge in [-0.05, 0) is 45.2 Å². The van der Waals surface area contributed by atoms with E-state index in [9.17, 15) is 0 Å². The van der Waals surface area contributed by atoms with Gasteiger partial charge in [-0.3, -0.25) is 4.99 Å². The Morgan fingerprint density at radius 3 is 2.65 bits per heavy atom. The predicted molar refractivity (Wildman–Crippen MR) is 119 cm³/mol. The SMILES string of the molecule is CCCN1CCC(CN=C(NCC)N2CCC(COCCOC)C2)C1.I. The summed E-state index contributed by atoms with van der Waals surface area (Å²) in [6.07, 6.45) is 3.73. The molecule has 2 saturated heterocycles. The molecule has 0 aliphatic carbocycles. The lowest BCUT2D eigenvalue weighted by molar-refractivity contribution is 0.0536. The largest absolute Gasteiger partial charge is 0.382 e. The lowest BCUT2D eigenvalue weighted by Gasteiger charge is -2.22. The summed E-state index contributed by atoms with van der Waals surface area (Å²) >= 11 is 0. The van der Waals surface area contributed by atoms with E-state index in [2.05, 4.69) is 29.0 Å². The molecule has 2 rings (SSSR count). The molecule has 26 heavy (non-hydrogen) atoms. The first-order valence-corrected chi connectivity index (χ1v) is 10.1. The van der Waals surface area contributed by atoms with Gasteiger partial charge in [-0.15, -0.1) is 24.0 Å². The maximum Gasteiger partial charge on any atom is 0.193 e. The number of likely N-dealkylation sites (tertiary alicyclic amines) is 2. The molecule has 2 aliphatic heterocycles. The number of hydrogen-bond acceptors (Lipinski definition) is 4. The van der Waals surface area contributed by atoms with Crippen LogP contribution in [0.1, 0.15) is 33.1 Å². The van der Waals surface area contributed by atoms with E-state index in [1.165, 1.54) is 38.9 Å². The van der Waals surface area contributed by atoms with Crippen LogP contribution in [0.4, 0.5) is 0 Å². The van der Waals surface area contributed by atoms with Crippen molar-refractivity contribution in [1.29, 1.82) is 0 Å². The van der Waals surface area contributed by atoms with Crippen molar-refractivity contribution in [3.63, 3.8) is 0 Å². The summed E-state index contributed by atoms with van der Waals surface area (Å²) < 4.78 is 10.7. The average molecular weight is 482 g/mol. The Bertz CT molecular complexity index is 398. The number of ether oxygens (including phenoxy) is 2. The van der Waals surface area contributed by atoms with Crippen LogP contribution in [-0.4, -0.2) is 88.5 Å². The fourth-order valence-electron chi connectivity index (χ4n) is 3.78. The van der Waals surface area contributed by atoms with Crippen LogP contribution in [0.25, 0.3) is 0 Å². The average Bonchev–Trinajstić information content (AvgIpc) is 3.25. The smallest absolute Gasteiger partial charge is 0.193 e. The fourth-order valence-corrected chi connectivity index (χ4v) is 3.78. The normalized spacial score (nSPS) is 24.1. The number of aliphatic imine (C=N–C) groups is 1. The molecule has 154 valence electrons. The molecule has 6 nitrogen and oxygen atoms in total. The fraction of sp³-hybridized carbons (Fsp3) is 0.947.